The number of nitriles is 1. The number of methoxy groups -OCH3 is 2. The largest absolute Gasteiger partial charge is 0.466 e. The van der Waals surface area contributed by atoms with Gasteiger partial charge in [0.25, 0.3) is 0 Å². The predicted molar refractivity (Wildman–Crippen MR) is 126 cm³/mol. The van der Waals surface area contributed by atoms with Gasteiger partial charge >= 0.3 is 11.9 Å². The van der Waals surface area contributed by atoms with Crippen LogP contribution in [0.15, 0.2) is 68.0 Å². The zero-order valence-electron chi connectivity index (χ0n) is 17.8. The van der Waals surface area contributed by atoms with Crippen molar-refractivity contribution in [3.8, 4) is 6.07 Å². The quantitative estimate of drug-likeness (QED) is 0.419. The molecule has 10 heteroatoms. The Bertz CT molecular complexity index is 1250. The van der Waals surface area contributed by atoms with Gasteiger partial charge in [-0.1, -0.05) is 30.3 Å². The van der Waals surface area contributed by atoms with E-state index in [9.17, 15) is 19.2 Å². The molecule has 0 aromatic heterocycles. The van der Waals surface area contributed by atoms with Gasteiger partial charge in [-0.2, -0.15) is 5.26 Å². The molecule has 0 amide bonds. The summed E-state index contributed by atoms with van der Waals surface area (Å²) >= 11 is 6.36. The van der Waals surface area contributed by atoms with E-state index in [1.54, 1.807) is 37.3 Å². The van der Waals surface area contributed by atoms with Crippen molar-refractivity contribution in [2.75, 3.05) is 19.1 Å². The van der Waals surface area contributed by atoms with Gasteiger partial charge in [-0.25, -0.2) is 14.0 Å². The highest BCUT2D eigenvalue weighted by Gasteiger charge is 2.44. The Hall–Kier alpha value is -3.16. The van der Waals surface area contributed by atoms with Crippen molar-refractivity contribution in [2.24, 2.45) is 5.73 Å². The number of esters is 2. The van der Waals surface area contributed by atoms with Gasteiger partial charge in [-0.3, -0.25) is 4.90 Å². The van der Waals surface area contributed by atoms with Gasteiger partial charge in [0.05, 0.1) is 52.0 Å². The number of halogens is 3. The zero-order valence-corrected chi connectivity index (χ0v) is 21.0. The molecule has 1 atom stereocenters. The van der Waals surface area contributed by atoms with Gasteiger partial charge in [0, 0.05) is 0 Å². The van der Waals surface area contributed by atoms with Crippen LogP contribution in [0.25, 0.3) is 0 Å². The van der Waals surface area contributed by atoms with Crippen LogP contribution in [-0.4, -0.2) is 26.2 Å². The van der Waals surface area contributed by atoms with Gasteiger partial charge in [-0.15, -0.1) is 0 Å². The molecule has 0 saturated heterocycles. The van der Waals surface area contributed by atoms with Crippen LogP contribution in [0.1, 0.15) is 17.0 Å². The third-order valence-corrected chi connectivity index (χ3v) is 6.46. The number of anilines is 1. The molecule has 0 spiro atoms. The van der Waals surface area contributed by atoms with E-state index in [1.807, 2.05) is 0 Å². The summed E-state index contributed by atoms with van der Waals surface area (Å²) in [5.74, 6) is -3.58. The van der Waals surface area contributed by atoms with Crippen molar-refractivity contribution in [3.63, 3.8) is 0 Å². The van der Waals surface area contributed by atoms with Crippen molar-refractivity contribution in [2.45, 2.75) is 12.8 Å². The van der Waals surface area contributed by atoms with E-state index >= 15 is 0 Å². The summed E-state index contributed by atoms with van der Waals surface area (Å²) in [6.07, 6.45) is 0. The normalized spacial score (nSPS) is 15.9. The molecular formula is C23H18Br2FN3O4. The summed E-state index contributed by atoms with van der Waals surface area (Å²) in [5.41, 5.74) is 7.17. The lowest BCUT2D eigenvalue weighted by Gasteiger charge is -2.37. The second kappa shape index (κ2) is 9.77. The van der Waals surface area contributed by atoms with E-state index in [0.29, 0.717) is 11.1 Å². The van der Waals surface area contributed by atoms with Crippen molar-refractivity contribution in [1.29, 1.82) is 5.26 Å². The van der Waals surface area contributed by atoms with Crippen LogP contribution >= 0.6 is 31.9 Å². The van der Waals surface area contributed by atoms with Crippen molar-refractivity contribution >= 4 is 49.5 Å². The molecule has 2 N–H and O–H groups in total. The fourth-order valence-corrected chi connectivity index (χ4v) is 5.24. The summed E-state index contributed by atoms with van der Waals surface area (Å²) in [6.45, 7) is 1.67. The zero-order chi connectivity index (χ0) is 24.4. The smallest absolute Gasteiger partial charge is 0.355 e. The molecule has 3 rings (SSSR count). The number of allylic oxidation sites excluding steroid dienone is 1. The minimum absolute atomic E-state index is 0.0103. The number of hydrogen-bond donors (Lipinski definition) is 1. The van der Waals surface area contributed by atoms with E-state index in [4.69, 9.17) is 15.2 Å². The molecule has 1 heterocycles. The Kier molecular flexibility index (Phi) is 7.25. The maximum absolute atomic E-state index is 14.8. The Balaban J connectivity index is 2.50. The highest BCUT2D eigenvalue weighted by atomic mass is 79.9. The van der Waals surface area contributed by atoms with E-state index in [2.05, 4.69) is 37.9 Å². The highest BCUT2D eigenvalue weighted by Crippen LogP contribution is 2.46. The Morgan fingerprint density at radius 2 is 1.76 bits per heavy atom. The molecule has 2 aromatic rings. The molecule has 2 aromatic carbocycles. The van der Waals surface area contributed by atoms with E-state index in [1.165, 1.54) is 6.07 Å². The van der Waals surface area contributed by atoms with Gasteiger partial charge < -0.3 is 15.2 Å². The lowest BCUT2D eigenvalue weighted by atomic mass is 9.80. The van der Waals surface area contributed by atoms with Crippen LogP contribution in [0.4, 0.5) is 10.1 Å². The molecule has 1 unspecified atom stereocenters. The Morgan fingerprint density at radius 1 is 1.15 bits per heavy atom. The lowest BCUT2D eigenvalue weighted by Crippen LogP contribution is -2.41. The van der Waals surface area contributed by atoms with E-state index in [0.717, 1.165) is 19.1 Å². The molecule has 1 aliphatic heterocycles. The van der Waals surface area contributed by atoms with E-state index < -0.39 is 23.7 Å². The number of carbonyl (C=O) groups excluding carboxylic acids is 2. The molecule has 0 saturated carbocycles. The third-order valence-electron chi connectivity index (χ3n) is 5.16. The first-order valence-electron chi connectivity index (χ1n) is 9.49. The van der Waals surface area contributed by atoms with Crippen LogP contribution in [-0.2, 0) is 19.1 Å². The SMILES string of the molecule is COC(=O)C1=C(C(=O)OC)N(c2c(C)cc(Br)c(F)c2Br)C(N)=C(C#N)C1c1ccccc1. The Labute approximate surface area is 206 Å². The number of nitrogens with zero attached hydrogens (tertiary/aromatic N) is 2. The van der Waals surface area contributed by atoms with Gasteiger partial charge in [0.1, 0.15) is 11.5 Å². The minimum atomic E-state index is -1.01. The molecule has 170 valence electrons. The lowest BCUT2D eigenvalue weighted by molar-refractivity contribution is -0.139. The summed E-state index contributed by atoms with van der Waals surface area (Å²) in [6, 6.07) is 12.2. The number of ether oxygens (including phenoxy) is 2. The molecule has 0 radical (unpaired) electrons. The maximum Gasteiger partial charge on any atom is 0.355 e. The summed E-state index contributed by atoms with van der Waals surface area (Å²) < 4.78 is 24.9. The molecule has 0 aliphatic carbocycles. The maximum atomic E-state index is 14.8. The first kappa shape index (κ1) is 24.5. The number of nitrogens with two attached hydrogens (primary N) is 1. The van der Waals surface area contributed by atoms with Gasteiger partial charge in [0.2, 0.25) is 0 Å². The van der Waals surface area contributed by atoms with Crippen molar-refractivity contribution in [3.05, 3.63) is 85.0 Å². The predicted octanol–water partition coefficient (Wildman–Crippen LogP) is 4.56. The van der Waals surface area contributed by atoms with Crippen LogP contribution in [0, 0.1) is 24.1 Å². The number of hydrogen-bond acceptors (Lipinski definition) is 7. The molecule has 33 heavy (non-hydrogen) atoms. The van der Waals surface area contributed by atoms with Crippen LogP contribution in [0.3, 0.4) is 0 Å². The second-order valence-electron chi connectivity index (χ2n) is 6.99. The fourth-order valence-electron chi connectivity index (χ4n) is 3.72. The van der Waals surface area contributed by atoms with Crippen molar-refractivity contribution in [1.82, 2.24) is 0 Å². The summed E-state index contributed by atoms with van der Waals surface area (Å²) in [7, 11) is 2.30. The van der Waals surface area contributed by atoms with Crippen LogP contribution < -0.4 is 10.6 Å². The first-order chi connectivity index (χ1) is 15.7. The molecule has 0 fully saturated rings. The first-order valence-corrected chi connectivity index (χ1v) is 11.1. The molecular weight excluding hydrogens is 561 g/mol. The number of carbonyl (C=O) groups is 2. The van der Waals surface area contributed by atoms with Gasteiger partial charge in [0.15, 0.2) is 5.82 Å². The molecule has 0 bridgehead atoms. The van der Waals surface area contributed by atoms with Crippen molar-refractivity contribution < 1.29 is 23.5 Å². The van der Waals surface area contributed by atoms with Crippen LogP contribution in [0.5, 0.6) is 0 Å². The second-order valence-corrected chi connectivity index (χ2v) is 8.63. The number of benzene rings is 2. The monoisotopic (exact) mass is 577 g/mol. The third kappa shape index (κ3) is 4.14. The topological polar surface area (TPSA) is 106 Å². The van der Waals surface area contributed by atoms with Gasteiger partial charge in [-0.05, 0) is 56.0 Å². The molecule has 7 nitrogen and oxygen atoms in total. The average Bonchev–Trinajstić information content (AvgIpc) is 2.82. The fraction of sp³-hybridized carbons (Fsp3) is 0.174. The van der Waals surface area contributed by atoms with E-state index in [-0.39, 0.29) is 37.3 Å². The number of rotatable bonds is 4. The van der Waals surface area contributed by atoms with Crippen LogP contribution in [0.2, 0.25) is 0 Å². The summed E-state index contributed by atoms with van der Waals surface area (Å²) in [4.78, 5) is 27.3. The molecule has 1 aliphatic rings. The number of aryl methyl sites for hydroxylation is 1. The summed E-state index contributed by atoms with van der Waals surface area (Å²) in [5, 5.41) is 10.1. The Morgan fingerprint density at radius 3 is 2.30 bits per heavy atom. The standard InChI is InChI=1S/C23H18Br2FN3O4/c1-11-9-14(24)18(26)17(25)19(11)29-20(23(31)33-3)16(22(30)32-2)15(13(10-27)21(29)28)12-7-5-4-6-8-12/h4-9,15H,28H2,1-3H3. The average molecular weight is 579 g/mol. The minimum Gasteiger partial charge on any atom is -0.466 e. The highest BCUT2D eigenvalue weighted by molar-refractivity contribution is 9.11.